The van der Waals surface area contributed by atoms with Gasteiger partial charge in [-0.1, -0.05) is 12.1 Å². The van der Waals surface area contributed by atoms with Gasteiger partial charge in [-0.2, -0.15) is 4.31 Å². The summed E-state index contributed by atoms with van der Waals surface area (Å²) in [6.07, 6.45) is 0. The number of nitrogens with zero attached hydrogens (tertiary/aromatic N) is 2. The first-order chi connectivity index (χ1) is 9.82. The lowest BCUT2D eigenvalue weighted by Crippen LogP contribution is -2.57. The van der Waals surface area contributed by atoms with E-state index < -0.39 is 10.0 Å². The van der Waals surface area contributed by atoms with Crippen molar-refractivity contribution in [3.63, 3.8) is 0 Å². The highest BCUT2D eigenvalue weighted by atomic mass is 35.5. The van der Waals surface area contributed by atoms with Crippen molar-refractivity contribution in [1.29, 1.82) is 0 Å². The van der Waals surface area contributed by atoms with Crippen LogP contribution in [-0.4, -0.2) is 56.9 Å². The molecule has 126 valence electrons. The summed E-state index contributed by atoms with van der Waals surface area (Å²) in [6.45, 7) is 6.00. The number of piperazine rings is 1. The van der Waals surface area contributed by atoms with Crippen molar-refractivity contribution in [3.05, 3.63) is 29.8 Å². The second-order valence-electron chi connectivity index (χ2n) is 5.98. The van der Waals surface area contributed by atoms with Crippen LogP contribution in [0.15, 0.2) is 29.2 Å². The Labute approximate surface area is 140 Å². The molecule has 0 bridgehead atoms. The van der Waals surface area contributed by atoms with E-state index in [0.29, 0.717) is 18.0 Å². The predicted octanol–water partition coefficient (Wildman–Crippen LogP) is 1.54. The fraction of sp³-hybridized carbons (Fsp3) is 0.600. The van der Waals surface area contributed by atoms with Gasteiger partial charge in [0.15, 0.2) is 0 Å². The molecule has 1 aromatic carbocycles. The lowest BCUT2D eigenvalue weighted by atomic mass is 10.1. The van der Waals surface area contributed by atoms with E-state index >= 15 is 0 Å². The average molecular weight is 348 g/mol. The molecule has 5 nitrogen and oxygen atoms in total. The van der Waals surface area contributed by atoms with Gasteiger partial charge in [-0.15, -0.1) is 12.4 Å². The number of nitrogens with one attached hydrogen (secondary N) is 1. The van der Waals surface area contributed by atoms with Crippen LogP contribution in [0.1, 0.15) is 19.4 Å². The molecule has 22 heavy (non-hydrogen) atoms. The molecule has 0 aliphatic carbocycles. The van der Waals surface area contributed by atoms with Crippen LogP contribution < -0.4 is 5.32 Å². The molecule has 2 rings (SSSR count). The number of benzene rings is 1. The Bertz CT molecular complexity index is 575. The van der Waals surface area contributed by atoms with Crippen LogP contribution in [0.3, 0.4) is 0 Å². The topological polar surface area (TPSA) is 52.7 Å². The molecule has 1 aromatic rings. The highest BCUT2D eigenvalue weighted by Crippen LogP contribution is 2.22. The Balaban J connectivity index is 0.00000242. The standard InChI is InChI=1S/C15H25N3O2S.ClH/c1-12-13(2)18(10-9-16-12)21(19,20)15-7-5-14(6-8-15)11-17(3)4;/h5-8,12-13,16H,9-11H2,1-4H3;1H. The third kappa shape index (κ3) is 4.20. The maximum Gasteiger partial charge on any atom is 0.243 e. The average Bonchev–Trinajstić information content (AvgIpc) is 2.41. The van der Waals surface area contributed by atoms with Crippen LogP contribution in [0.4, 0.5) is 0 Å². The number of sulfonamides is 1. The summed E-state index contributed by atoms with van der Waals surface area (Å²) in [6, 6.07) is 7.35. The monoisotopic (exact) mass is 347 g/mol. The summed E-state index contributed by atoms with van der Waals surface area (Å²) in [5.41, 5.74) is 1.11. The lowest BCUT2D eigenvalue weighted by molar-refractivity contribution is 0.233. The fourth-order valence-electron chi connectivity index (χ4n) is 2.63. The molecule has 1 heterocycles. The summed E-state index contributed by atoms with van der Waals surface area (Å²) >= 11 is 0. The molecule has 1 saturated heterocycles. The molecular formula is C15H26ClN3O2S. The molecule has 2 atom stereocenters. The van der Waals surface area contributed by atoms with Crippen molar-refractivity contribution in [2.45, 2.75) is 37.4 Å². The quantitative estimate of drug-likeness (QED) is 0.897. The van der Waals surface area contributed by atoms with E-state index in [1.807, 2.05) is 40.1 Å². The number of rotatable bonds is 4. The van der Waals surface area contributed by atoms with Crippen LogP contribution in [0.5, 0.6) is 0 Å². The zero-order valence-corrected chi connectivity index (χ0v) is 15.2. The highest BCUT2D eigenvalue weighted by molar-refractivity contribution is 7.89. The summed E-state index contributed by atoms with van der Waals surface area (Å²) in [4.78, 5) is 2.44. The van der Waals surface area contributed by atoms with Crippen molar-refractivity contribution in [2.75, 3.05) is 27.2 Å². The van der Waals surface area contributed by atoms with Gasteiger partial charge in [0, 0.05) is 31.7 Å². The molecule has 0 radical (unpaired) electrons. The van der Waals surface area contributed by atoms with Gasteiger partial charge in [-0.05, 0) is 45.6 Å². The van der Waals surface area contributed by atoms with Gasteiger partial charge in [0.2, 0.25) is 10.0 Å². The van der Waals surface area contributed by atoms with Crippen LogP contribution in [0.2, 0.25) is 0 Å². The minimum atomic E-state index is -3.41. The smallest absolute Gasteiger partial charge is 0.243 e. The fourth-order valence-corrected chi connectivity index (χ4v) is 4.34. The van der Waals surface area contributed by atoms with Crippen molar-refractivity contribution in [2.24, 2.45) is 0 Å². The second kappa shape index (κ2) is 7.75. The Morgan fingerprint density at radius 2 is 1.82 bits per heavy atom. The molecule has 0 saturated carbocycles. The maximum atomic E-state index is 12.8. The first-order valence-corrected chi connectivity index (χ1v) is 8.75. The molecule has 1 fully saturated rings. The Hall–Kier alpha value is -0.660. The minimum absolute atomic E-state index is 0. The molecule has 7 heteroatoms. The van der Waals surface area contributed by atoms with Gasteiger partial charge < -0.3 is 10.2 Å². The molecular weight excluding hydrogens is 322 g/mol. The number of hydrogen-bond acceptors (Lipinski definition) is 4. The van der Waals surface area contributed by atoms with Gasteiger partial charge in [-0.3, -0.25) is 0 Å². The number of hydrogen-bond donors (Lipinski definition) is 1. The van der Waals surface area contributed by atoms with Crippen LogP contribution >= 0.6 is 12.4 Å². The van der Waals surface area contributed by atoms with Gasteiger partial charge in [0.1, 0.15) is 0 Å². The van der Waals surface area contributed by atoms with Gasteiger partial charge >= 0.3 is 0 Å². The summed E-state index contributed by atoms with van der Waals surface area (Å²) in [7, 11) is 0.579. The third-order valence-electron chi connectivity index (χ3n) is 4.01. The van der Waals surface area contributed by atoms with E-state index in [9.17, 15) is 8.42 Å². The van der Waals surface area contributed by atoms with Crippen molar-refractivity contribution in [1.82, 2.24) is 14.5 Å². The normalized spacial score (nSPS) is 23.3. The van der Waals surface area contributed by atoms with E-state index in [1.54, 1.807) is 16.4 Å². The third-order valence-corrected chi connectivity index (χ3v) is 6.01. The van der Waals surface area contributed by atoms with Gasteiger partial charge in [0.25, 0.3) is 0 Å². The Morgan fingerprint density at radius 3 is 2.36 bits per heavy atom. The summed E-state index contributed by atoms with van der Waals surface area (Å²) in [5, 5.41) is 3.30. The van der Waals surface area contributed by atoms with Crippen LogP contribution in [0, 0.1) is 0 Å². The van der Waals surface area contributed by atoms with Crippen molar-refractivity contribution in [3.8, 4) is 0 Å². The van der Waals surface area contributed by atoms with Gasteiger partial charge in [0.05, 0.1) is 4.90 Å². The zero-order valence-electron chi connectivity index (χ0n) is 13.6. The van der Waals surface area contributed by atoms with Gasteiger partial charge in [-0.25, -0.2) is 8.42 Å². The predicted molar refractivity (Wildman–Crippen MR) is 91.9 cm³/mol. The Morgan fingerprint density at radius 1 is 1.23 bits per heavy atom. The van der Waals surface area contributed by atoms with E-state index in [1.165, 1.54) is 0 Å². The van der Waals surface area contributed by atoms with Crippen molar-refractivity contribution >= 4 is 22.4 Å². The molecule has 1 aliphatic heterocycles. The second-order valence-corrected chi connectivity index (χ2v) is 7.87. The van der Waals surface area contributed by atoms with E-state index in [2.05, 4.69) is 10.2 Å². The first-order valence-electron chi connectivity index (χ1n) is 7.31. The minimum Gasteiger partial charge on any atom is -0.311 e. The first kappa shape index (κ1) is 19.4. The SMILES string of the molecule is CC1NCCN(S(=O)(=O)c2ccc(CN(C)C)cc2)C1C.Cl. The van der Waals surface area contributed by atoms with E-state index in [4.69, 9.17) is 0 Å². The summed E-state index contributed by atoms with van der Waals surface area (Å²) < 4.78 is 27.1. The molecule has 0 amide bonds. The zero-order chi connectivity index (χ0) is 15.6. The van der Waals surface area contributed by atoms with Crippen LogP contribution in [0.25, 0.3) is 0 Å². The molecule has 0 spiro atoms. The molecule has 0 aromatic heterocycles. The van der Waals surface area contributed by atoms with Crippen LogP contribution in [-0.2, 0) is 16.6 Å². The van der Waals surface area contributed by atoms with Crippen molar-refractivity contribution < 1.29 is 8.42 Å². The maximum absolute atomic E-state index is 12.8. The molecule has 2 unspecified atom stereocenters. The summed E-state index contributed by atoms with van der Waals surface area (Å²) in [5.74, 6) is 0. The number of halogens is 1. The Kier molecular flexibility index (Phi) is 6.83. The molecule has 1 aliphatic rings. The molecule has 1 N–H and O–H groups in total. The highest BCUT2D eigenvalue weighted by Gasteiger charge is 2.34. The lowest BCUT2D eigenvalue weighted by Gasteiger charge is -2.37. The van der Waals surface area contributed by atoms with E-state index in [-0.39, 0.29) is 24.5 Å². The van der Waals surface area contributed by atoms with E-state index in [0.717, 1.165) is 12.1 Å². The largest absolute Gasteiger partial charge is 0.311 e.